The fourth-order valence-electron chi connectivity index (χ4n) is 0.441. The van der Waals surface area contributed by atoms with Crippen LogP contribution in [0.4, 0.5) is 17.6 Å². The van der Waals surface area contributed by atoms with Gasteiger partial charge in [-0.15, -0.1) is 0 Å². The van der Waals surface area contributed by atoms with Crippen LogP contribution in [0.25, 0.3) is 0 Å². The Bertz CT molecular complexity index is 156. The maximum absolute atomic E-state index is 11.4. The fourth-order valence-corrected chi connectivity index (χ4v) is 0.441. The molecule has 0 unspecified atom stereocenters. The summed E-state index contributed by atoms with van der Waals surface area (Å²) in [5, 5.41) is 0. The molecular formula is C6H8F4O3. The maximum atomic E-state index is 11.4. The third-order valence-electron chi connectivity index (χ3n) is 0.866. The molecule has 3 nitrogen and oxygen atoms in total. The molecule has 13 heavy (non-hydrogen) atoms. The molecule has 0 saturated carbocycles. The van der Waals surface area contributed by atoms with Crippen LogP contribution < -0.4 is 0 Å². The van der Waals surface area contributed by atoms with Crippen LogP contribution in [0, 0.1) is 0 Å². The van der Waals surface area contributed by atoms with Crippen LogP contribution in [0.2, 0.25) is 0 Å². The minimum absolute atomic E-state index is 0.376. The van der Waals surface area contributed by atoms with Gasteiger partial charge in [-0.1, -0.05) is 0 Å². The number of rotatable bonds is 5. The summed E-state index contributed by atoms with van der Waals surface area (Å²) in [4.78, 5) is 10.1. The van der Waals surface area contributed by atoms with E-state index in [1.165, 1.54) is 0 Å². The van der Waals surface area contributed by atoms with Gasteiger partial charge in [0, 0.05) is 0 Å². The van der Waals surface area contributed by atoms with E-state index in [9.17, 15) is 22.4 Å². The Balaban J connectivity index is 3.22. The smallest absolute Gasteiger partial charge is 0.411 e. The number of carbonyl (C=O) groups is 1. The first kappa shape index (κ1) is 12.2. The van der Waals surface area contributed by atoms with E-state index in [0.29, 0.717) is 0 Å². The lowest BCUT2D eigenvalue weighted by Crippen LogP contribution is -2.20. The standard InChI is InChI=1S/C6H8F4O3/c7-3-5(11)13-2-1-12-4-6(8,9)10/h1-4H2. The molecule has 0 aliphatic carbocycles. The molecule has 0 fully saturated rings. The summed E-state index contributed by atoms with van der Waals surface area (Å²) in [5.41, 5.74) is 0. The highest BCUT2D eigenvalue weighted by atomic mass is 19.4. The van der Waals surface area contributed by atoms with Gasteiger partial charge in [-0.25, -0.2) is 9.18 Å². The summed E-state index contributed by atoms with van der Waals surface area (Å²) >= 11 is 0. The first-order valence-electron chi connectivity index (χ1n) is 3.32. The van der Waals surface area contributed by atoms with E-state index < -0.39 is 32.0 Å². The molecular weight excluding hydrogens is 196 g/mol. The SMILES string of the molecule is O=C(CF)OCCOCC(F)(F)F. The number of hydrogen-bond donors (Lipinski definition) is 0. The van der Waals surface area contributed by atoms with Crippen LogP contribution in [0.3, 0.4) is 0 Å². The normalized spacial score (nSPS) is 11.4. The lowest BCUT2D eigenvalue weighted by atomic mass is 10.7. The minimum atomic E-state index is -4.40. The van der Waals surface area contributed by atoms with Gasteiger partial charge in [0.15, 0.2) is 6.67 Å². The predicted molar refractivity (Wildman–Crippen MR) is 33.8 cm³/mol. The molecule has 0 amide bonds. The van der Waals surface area contributed by atoms with Gasteiger partial charge in [0.05, 0.1) is 6.61 Å². The quantitative estimate of drug-likeness (QED) is 0.382. The summed E-state index contributed by atoms with van der Waals surface area (Å²) < 4.78 is 53.8. The van der Waals surface area contributed by atoms with Gasteiger partial charge in [-0.05, 0) is 0 Å². The summed E-state index contributed by atoms with van der Waals surface area (Å²) in [7, 11) is 0. The Kier molecular flexibility index (Phi) is 5.36. The van der Waals surface area contributed by atoms with Gasteiger partial charge < -0.3 is 9.47 Å². The first-order chi connectivity index (χ1) is 5.95. The van der Waals surface area contributed by atoms with Crippen molar-refractivity contribution in [3.05, 3.63) is 0 Å². The summed E-state index contributed by atoms with van der Waals surface area (Å²) in [6, 6.07) is 0. The van der Waals surface area contributed by atoms with E-state index >= 15 is 0 Å². The average molecular weight is 204 g/mol. The lowest BCUT2D eigenvalue weighted by Gasteiger charge is -2.07. The largest absolute Gasteiger partial charge is 0.461 e. The van der Waals surface area contributed by atoms with E-state index in [2.05, 4.69) is 9.47 Å². The zero-order valence-corrected chi connectivity index (χ0v) is 6.57. The molecule has 0 rings (SSSR count). The van der Waals surface area contributed by atoms with Crippen molar-refractivity contribution in [3.8, 4) is 0 Å². The average Bonchev–Trinajstić information content (AvgIpc) is 2.01. The van der Waals surface area contributed by atoms with Crippen molar-refractivity contribution < 1.29 is 31.8 Å². The van der Waals surface area contributed by atoms with Crippen LogP contribution in [-0.2, 0) is 14.3 Å². The molecule has 0 radical (unpaired) electrons. The molecule has 0 aromatic heterocycles. The Labute approximate surface area is 71.6 Å². The zero-order chi connectivity index (χ0) is 10.3. The third kappa shape index (κ3) is 9.06. The van der Waals surface area contributed by atoms with Gasteiger partial charge in [-0.2, -0.15) is 13.2 Å². The Morgan fingerprint density at radius 1 is 1.23 bits per heavy atom. The van der Waals surface area contributed by atoms with Crippen molar-refractivity contribution in [2.45, 2.75) is 6.18 Å². The fraction of sp³-hybridized carbons (Fsp3) is 0.833. The maximum Gasteiger partial charge on any atom is 0.411 e. The highest BCUT2D eigenvalue weighted by Gasteiger charge is 2.27. The molecule has 0 bridgehead atoms. The number of alkyl halides is 4. The second kappa shape index (κ2) is 5.74. The van der Waals surface area contributed by atoms with Crippen LogP contribution in [0.1, 0.15) is 0 Å². The first-order valence-corrected chi connectivity index (χ1v) is 3.32. The third-order valence-corrected chi connectivity index (χ3v) is 0.866. The molecule has 0 atom stereocenters. The van der Waals surface area contributed by atoms with Crippen molar-refractivity contribution in [1.29, 1.82) is 0 Å². The minimum Gasteiger partial charge on any atom is -0.461 e. The molecule has 7 heteroatoms. The zero-order valence-electron chi connectivity index (χ0n) is 6.57. The van der Waals surface area contributed by atoms with E-state index in [-0.39, 0.29) is 6.61 Å². The second-order valence-electron chi connectivity index (χ2n) is 2.02. The molecule has 78 valence electrons. The number of hydrogen-bond acceptors (Lipinski definition) is 3. The highest BCUT2D eigenvalue weighted by molar-refractivity contribution is 5.70. The van der Waals surface area contributed by atoms with Crippen molar-refractivity contribution in [3.63, 3.8) is 0 Å². The Morgan fingerprint density at radius 2 is 1.85 bits per heavy atom. The Hall–Kier alpha value is -0.850. The molecule has 0 aromatic rings. The molecule has 0 saturated heterocycles. The molecule has 0 aliphatic heterocycles. The molecule has 0 heterocycles. The number of carbonyl (C=O) groups excluding carboxylic acids is 1. The van der Waals surface area contributed by atoms with Crippen LogP contribution in [-0.4, -0.2) is 38.6 Å². The van der Waals surface area contributed by atoms with E-state index in [1.807, 2.05) is 0 Å². The topological polar surface area (TPSA) is 35.5 Å². The van der Waals surface area contributed by atoms with Crippen LogP contribution >= 0.6 is 0 Å². The molecule has 0 spiro atoms. The summed E-state index contributed by atoms with van der Waals surface area (Å²) in [6.45, 7) is -3.47. The van der Waals surface area contributed by atoms with Gasteiger partial charge in [0.2, 0.25) is 0 Å². The van der Waals surface area contributed by atoms with Gasteiger partial charge >= 0.3 is 12.1 Å². The summed E-state index contributed by atoms with van der Waals surface area (Å²) in [5.74, 6) is -1.12. The monoisotopic (exact) mass is 204 g/mol. The van der Waals surface area contributed by atoms with Gasteiger partial charge in [0.1, 0.15) is 13.2 Å². The highest BCUT2D eigenvalue weighted by Crippen LogP contribution is 2.13. The number of halogens is 4. The predicted octanol–water partition coefficient (Wildman–Crippen LogP) is 1.08. The second-order valence-corrected chi connectivity index (χ2v) is 2.02. The van der Waals surface area contributed by atoms with Gasteiger partial charge in [-0.3, -0.25) is 0 Å². The van der Waals surface area contributed by atoms with E-state index in [0.717, 1.165) is 0 Å². The van der Waals surface area contributed by atoms with Gasteiger partial charge in [0.25, 0.3) is 0 Å². The van der Waals surface area contributed by atoms with Crippen molar-refractivity contribution >= 4 is 5.97 Å². The Morgan fingerprint density at radius 3 is 2.31 bits per heavy atom. The summed E-state index contributed by atoms with van der Waals surface area (Å²) in [6.07, 6.45) is -4.40. The molecule has 0 N–H and O–H groups in total. The van der Waals surface area contributed by atoms with E-state index in [4.69, 9.17) is 0 Å². The van der Waals surface area contributed by atoms with Crippen LogP contribution in [0.5, 0.6) is 0 Å². The lowest BCUT2D eigenvalue weighted by molar-refractivity contribution is -0.177. The van der Waals surface area contributed by atoms with Crippen molar-refractivity contribution in [2.24, 2.45) is 0 Å². The number of ether oxygens (including phenoxy) is 2. The van der Waals surface area contributed by atoms with E-state index in [1.54, 1.807) is 0 Å². The van der Waals surface area contributed by atoms with Crippen LogP contribution in [0.15, 0.2) is 0 Å². The molecule has 0 aromatic carbocycles. The number of esters is 1. The van der Waals surface area contributed by atoms with Crippen molar-refractivity contribution in [1.82, 2.24) is 0 Å². The molecule has 0 aliphatic rings. The van der Waals surface area contributed by atoms with Crippen molar-refractivity contribution in [2.75, 3.05) is 26.5 Å².